The number of halogens is 1. The minimum Gasteiger partial charge on any atom is -0.481 e. The highest BCUT2D eigenvalue weighted by molar-refractivity contribution is 9.10. The van der Waals surface area contributed by atoms with Gasteiger partial charge in [-0.2, -0.15) is 0 Å². The Morgan fingerprint density at radius 1 is 1.72 bits per heavy atom. The monoisotopic (exact) mass is 317 g/mol. The van der Waals surface area contributed by atoms with Gasteiger partial charge in [0.05, 0.1) is 10.8 Å². The van der Waals surface area contributed by atoms with Gasteiger partial charge < -0.3 is 10.0 Å². The molecule has 0 aliphatic heterocycles. The van der Waals surface area contributed by atoms with Gasteiger partial charge in [0.15, 0.2) is 0 Å². The number of carboxylic acid groups (broad SMARTS) is 1. The Labute approximate surface area is 112 Å². The molecule has 1 aromatic rings. The summed E-state index contributed by atoms with van der Waals surface area (Å²) in [5, 5.41) is 19.7. The van der Waals surface area contributed by atoms with Crippen LogP contribution in [-0.4, -0.2) is 34.6 Å². The van der Waals surface area contributed by atoms with Gasteiger partial charge in [-0.3, -0.25) is 14.9 Å². The normalized spacial score (nSPS) is 11.9. The van der Waals surface area contributed by atoms with Crippen LogP contribution in [-0.2, 0) is 4.79 Å². The summed E-state index contributed by atoms with van der Waals surface area (Å²) in [5.74, 6) is -1.45. The van der Waals surface area contributed by atoms with E-state index in [1.807, 2.05) is 0 Å². The molecule has 0 radical (unpaired) electrons. The van der Waals surface area contributed by atoms with Gasteiger partial charge in [0, 0.05) is 30.3 Å². The molecule has 0 saturated carbocycles. The Morgan fingerprint density at radius 2 is 2.33 bits per heavy atom. The second-order valence-corrected chi connectivity index (χ2v) is 4.79. The van der Waals surface area contributed by atoms with Crippen molar-refractivity contribution < 1.29 is 14.8 Å². The van der Waals surface area contributed by atoms with Gasteiger partial charge in [-0.25, -0.2) is 4.98 Å². The van der Waals surface area contributed by atoms with Crippen molar-refractivity contribution in [3.05, 3.63) is 26.9 Å². The summed E-state index contributed by atoms with van der Waals surface area (Å²) < 4.78 is 0.498. The smallest absolute Gasteiger partial charge is 0.312 e. The number of carbonyl (C=O) groups is 1. The molecular formula is C10H12BrN3O4. The maximum atomic E-state index is 10.9. The predicted octanol–water partition coefficient (Wildman–Crippen LogP) is 1.91. The van der Waals surface area contributed by atoms with Crippen LogP contribution in [0.25, 0.3) is 0 Å². The molecule has 18 heavy (non-hydrogen) atoms. The summed E-state index contributed by atoms with van der Waals surface area (Å²) in [5.41, 5.74) is -0.163. The molecule has 1 atom stereocenters. The van der Waals surface area contributed by atoms with Crippen molar-refractivity contribution in [3.8, 4) is 0 Å². The number of hydrogen-bond acceptors (Lipinski definition) is 5. The summed E-state index contributed by atoms with van der Waals surface area (Å²) in [6, 6.07) is 1.34. The Balaban J connectivity index is 3.01. The Bertz CT molecular complexity index is 480. The summed E-state index contributed by atoms with van der Waals surface area (Å²) in [4.78, 5) is 26.5. The quantitative estimate of drug-likeness (QED) is 0.658. The number of rotatable bonds is 5. The second-order valence-electron chi connectivity index (χ2n) is 3.87. The first-order valence-electron chi connectivity index (χ1n) is 5.06. The summed E-state index contributed by atoms with van der Waals surface area (Å²) in [6.45, 7) is 1.67. The molecule has 0 saturated heterocycles. The molecule has 1 aromatic heterocycles. The summed E-state index contributed by atoms with van der Waals surface area (Å²) >= 11 is 3.11. The van der Waals surface area contributed by atoms with E-state index in [-0.39, 0.29) is 18.1 Å². The van der Waals surface area contributed by atoms with E-state index in [1.165, 1.54) is 24.1 Å². The van der Waals surface area contributed by atoms with Crippen molar-refractivity contribution in [2.75, 3.05) is 18.5 Å². The first-order chi connectivity index (χ1) is 8.32. The molecule has 0 bridgehead atoms. The lowest BCUT2D eigenvalue weighted by Crippen LogP contribution is -2.29. The van der Waals surface area contributed by atoms with Crippen LogP contribution in [0.15, 0.2) is 16.7 Å². The molecule has 8 heteroatoms. The summed E-state index contributed by atoms with van der Waals surface area (Å²) in [7, 11) is 1.57. The minimum atomic E-state index is -0.957. The molecule has 0 spiro atoms. The molecule has 0 fully saturated rings. The molecule has 0 aliphatic rings. The molecular weight excluding hydrogens is 306 g/mol. The van der Waals surface area contributed by atoms with Gasteiger partial charge in [-0.15, -0.1) is 0 Å². The summed E-state index contributed by atoms with van der Waals surface area (Å²) in [6.07, 6.45) is 1.43. The third kappa shape index (κ3) is 3.39. The lowest BCUT2D eigenvalue weighted by Gasteiger charge is -2.20. The van der Waals surface area contributed by atoms with Crippen molar-refractivity contribution in [3.63, 3.8) is 0 Å². The van der Waals surface area contributed by atoms with Crippen molar-refractivity contribution in [2.45, 2.75) is 6.92 Å². The maximum absolute atomic E-state index is 10.9. The molecule has 7 nitrogen and oxygen atoms in total. The molecule has 1 heterocycles. The predicted molar refractivity (Wildman–Crippen MR) is 68.7 cm³/mol. The third-order valence-corrected chi connectivity index (χ3v) is 2.78. The van der Waals surface area contributed by atoms with Crippen LogP contribution >= 0.6 is 15.9 Å². The van der Waals surface area contributed by atoms with Gasteiger partial charge >= 0.3 is 11.7 Å². The topological polar surface area (TPSA) is 96.6 Å². The van der Waals surface area contributed by atoms with Crippen LogP contribution in [0.4, 0.5) is 11.5 Å². The molecule has 1 unspecified atom stereocenters. The average Bonchev–Trinajstić information content (AvgIpc) is 2.28. The van der Waals surface area contributed by atoms with Gasteiger partial charge in [0.25, 0.3) is 0 Å². The number of anilines is 1. The van der Waals surface area contributed by atoms with Crippen LogP contribution in [0, 0.1) is 16.0 Å². The van der Waals surface area contributed by atoms with E-state index < -0.39 is 16.8 Å². The molecule has 98 valence electrons. The van der Waals surface area contributed by atoms with Crippen LogP contribution in [0.1, 0.15) is 6.92 Å². The third-order valence-electron chi connectivity index (χ3n) is 2.34. The van der Waals surface area contributed by atoms with Gasteiger partial charge in [-0.1, -0.05) is 6.92 Å². The Kier molecular flexibility index (Phi) is 4.60. The lowest BCUT2D eigenvalue weighted by atomic mass is 10.2. The zero-order chi connectivity index (χ0) is 13.9. The standard InChI is InChI=1S/C10H12BrN3O4/c1-6(10(15)16)5-13(2)9-8(14(17)18)3-7(11)4-12-9/h3-4,6H,5H2,1-2H3,(H,15,16). The first-order valence-corrected chi connectivity index (χ1v) is 5.86. The first kappa shape index (κ1) is 14.4. The Hall–Kier alpha value is -1.70. The average molecular weight is 318 g/mol. The SMILES string of the molecule is CC(CN(C)c1ncc(Br)cc1[N+](=O)[O-])C(=O)O. The fourth-order valence-electron chi connectivity index (χ4n) is 1.43. The molecule has 0 aromatic carbocycles. The zero-order valence-corrected chi connectivity index (χ0v) is 11.4. The minimum absolute atomic E-state index is 0.144. The number of pyridine rings is 1. The fourth-order valence-corrected chi connectivity index (χ4v) is 1.74. The second kappa shape index (κ2) is 5.76. The van der Waals surface area contributed by atoms with Crippen molar-refractivity contribution in [1.29, 1.82) is 0 Å². The van der Waals surface area contributed by atoms with E-state index in [0.29, 0.717) is 4.47 Å². The van der Waals surface area contributed by atoms with E-state index in [0.717, 1.165) is 0 Å². The van der Waals surface area contributed by atoms with Crippen LogP contribution in [0.5, 0.6) is 0 Å². The van der Waals surface area contributed by atoms with E-state index in [9.17, 15) is 14.9 Å². The van der Waals surface area contributed by atoms with E-state index in [4.69, 9.17) is 5.11 Å². The number of nitrogens with zero attached hydrogens (tertiary/aromatic N) is 3. The molecule has 1 rings (SSSR count). The molecule has 1 N–H and O–H groups in total. The highest BCUT2D eigenvalue weighted by Crippen LogP contribution is 2.28. The van der Waals surface area contributed by atoms with Crippen molar-refractivity contribution >= 4 is 33.4 Å². The van der Waals surface area contributed by atoms with Crippen LogP contribution in [0.3, 0.4) is 0 Å². The van der Waals surface area contributed by atoms with Crippen LogP contribution in [0.2, 0.25) is 0 Å². The highest BCUT2D eigenvalue weighted by atomic mass is 79.9. The van der Waals surface area contributed by atoms with Gasteiger partial charge in [-0.05, 0) is 15.9 Å². The molecule has 0 aliphatic carbocycles. The van der Waals surface area contributed by atoms with E-state index in [1.54, 1.807) is 7.05 Å². The lowest BCUT2D eigenvalue weighted by molar-refractivity contribution is -0.384. The van der Waals surface area contributed by atoms with Crippen LogP contribution < -0.4 is 4.90 Å². The van der Waals surface area contributed by atoms with Crippen molar-refractivity contribution in [1.82, 2.24) is 4.98 Å². The zero-order valence-electron chi connectivity index (χ0n) is 9.83. The van der Waals surface area contributed by atoms with Gasteiger partial charge in [0.2, 0.25) is 5.82 Å². The highest BCUT2D eigenvalue weighted by Gasteiger charge is 2.22. The van der Waals surface area contributed by atoms with E-state index in [2.05, 4.69) is 20.9 Å². The molecule has 0 amide bonds. The van der Waals surface area contributed by atoms with Gasteiger partial charge in [0.1, 0.15) is 0 Å². The number of aromatic nitrogens is 1. The fraction of sp³-hybridized carbons (Fsp3) is 0.400. The largest absolute Gasteiger partial charge is 0.481 e. The maximum Gasteiger partial charge on any atom is 0.312 e. The number of aliphatic carboxylic acids is 1. The Morgan fingerprint density at radius 3 is 2.83 bits per heavy atom. The number of nitro groups is 1. The number of hydrogen-bond donors (Lipinski definition) is 1. The van der Waals surface area contributed by atoms with E-state index >= 15 is 0 Å². The van der Waals surface area contributed by atoms with Crippen molar-refractivity contribution in [2.24, 2.45) is 5.92 Å². The number of carboxylic acids is 1.